The first-order valence-corrected chi connectivity index (χ1v) is 6.99. The topological polar surface area (TPSA) is 67.1 Å². The number of nitrogens with one attached hydrogen (secondary N) is 2. The van der Waals surface area contributed by atoms with Gasteiger partial charge in [0.05, 0.1) is 11.2 Å². The van der Waals surface area contributed by atoms with Crippen molar-refractivity contribution in [2.75, 3.05) is 11.9 Å². The highest BCUT2D eigenvalue weighted by atomic mass is 16.2. The monoisotopic (exact) mass is 269 g/mol. The fourth-order valence-electron chi connectivity index (χ4n) is 2.71. The molecular weight excluding hydrogens is 250 g/mol. The Morgan fingerprint density at radius 2 is 1.90 bits per heavy atom. The van der Waals surface area contributed by atoms with Crippen LogP contribution in [0.25, 0.3) is 10.8 Å². The molecule has 3 rings (SSSR count). The van der Waals surface area contributed by atoms with Crippen molar-refractivity contribution >= 4 is 22.5 Å². The van der Waals surface area contributed by atoms with E-state index in [1.54, 1.807) is 0 Å². The number of hydrogen-bond donors (Lipinski definition) is 3. The average molecular weight is 269 g/mol. The Labute approximate surface area is 118 Å². The Bertz CT molecular complexity index is 624. The molecule has 0 aliphatic heterocycles. The van der Waals surface area contributed by atoms with E-state index in [2.05, 4.69) is 10.6 Å². The first kappa shape index (κ1) is 12.9. The molecule has 1 saturated carbocycles. The highest BCUT2D eigenvalue weighted by molar-refractivity contribution is 6.01. The zero-order valence-electron chi connectivity index (χ0n) is 11.4. The number of rotatable bonds is 3. The molecule has 2 aromatic rings. The molecule has 4 nitrogen and oxygen atoms in total. The van der Waals surface area contributed by atoms with Gasteiger partial charge >= 0.3 is 6.03 Å². The third-order valence-electron chi connectivity index (χ3n) is 4.12. The summed E-state index contributed by atoms with van der Waals surface area (Å²) in [6.07, 6.45) is 3.06. The lowest BCUT2D eigenvalue weighted by Crippen LogP contribution is -2.59. The van der Waals surface area contributed by atoms with Crippen LogP contribution in [0.1, 0.15) is 19.3 Å². The van der Waals surface area contributed by atoms with Gasteiger partial charge in [-0.25, -0.2) is 4.79 Å². The number of benzene rings is 2. The molecule has 1 aliphatic carbocycles. The van der Waals surface area contributed by atoms with Crippen LogP contribution in [0.5, 0.6) is 0 Å². The first-order chi connectivity index (χ1) is 9.72. The van der Waals surface area contributed by atoms with Gasteiger partial charge in [0.2, 0.25) is 0 Å². The van der Waals surface area contributed by atoms with Gasteiger partial charge in [0, 0.05) is 11.9 Å². The van der Waals surface area contributed by atoms with Gasteiger partial charge in [0.15, 0.2) is 0 Å². The van der Waals surface area contributed by atoms with E-state index in [1.165, 1.54) is 0 Å². The van der Waals surface area contributed by atoms with Crippen LogP contribution in [0.2, 0.25) is 0 Å². The summed E-state index contributed by atoms with van der Waals surface area (Å²) in [5.74, 6) is 0. The first-order valence-electron chi connectivity index (χ1n) is 6.99. The van der Waals surface area contributed by atoms with E-state index in [1.807, 2.05) is 42.5 Å². The molecule has 0 bridgehead atoms. The van der Waals surface area contributed by atoms with Crippen molar-refractivity contribution < 1.29 is 4.79 Å². The number of amides is 2. The number of carbonyl (C=O) groups is 1. The summed E-state index contributed by atoms with van der Waals surface area (Å²) in [6, 6.07) is 13.7. The van der Waals surface area contributed by atoms with Gasteiger partial charge in [-0.2, -0.15) is 0 Å². The summed E-state index contributed by atoms with van der Waals surface area (Å²) in [5, 5.41) is 8.11. The Kier molecular flexibility index (Phi) is 3.32. The Morgan fingerprint density at radius 3 is 2.60 bits per heavy atom. The number of hydrogen-bond acceptors (Lipinski definition) is 2. The quantitative estimate of drug-likeness (QED) is 0.802. The lowest BCUT2D eigenvalue weighted by Gasteiger charge is -2.41. The summed E-state index contributed by atoms with van der Waals surface area (Å²) in [7, 11) is 0. The number of nitrogens with two attached hydrogens (primary N) is 1. The number of fused-ring (bicyclic) bond motifs is 1. The fourth-order valence-corrected chi connectivity index (χ4v) is 2.71. The van der Waals surface area contributed by atoms with Crippen LogP contribution in [0, 0.1) is 0 Å². The minimum Gasteiger partial charge on any atom is -0.331 e. The molecule has 0 radical (unpaired) electrons. The van der Waals surface area contributed by atoms with Crippen molar-refractivity contribution in [3.8, 4) is 0 Å². The third-order valence-corrected chi connectivity index (χ3v) is 4.12. The van der Waals surface area contributed by atoms with Crippen LogP contribution in [0.4, 0.5) is 10.5 Å². The van der Waals surface area contributed by atoms with Crippen LogP contribution < -0.4 is 16.4 Å². The number of anilines is 1. The summed E-state index contributed by atoms with van der Waals surface area (Å²) in [4.78, 5) is 12.1. The molecule has 4 N–H and O–H groups in total. The van der Waals surface area contributed by atoms with Gasteiger partial charge < -0.3 is 16.4 Å². The van der Waals surface area contributed by atoms with Crippen LogP contribution in [0.3, 0.4) is 0 Å². The molecule has 104 valence electrons. The zero-order chi connectivity index (χ0) is 14.0. The molecule has 0 heterocycles. The number of carbonyl (C=O) groups excluding carboxylic acids is 1. The predicted molar refractivity (Wildman–Crippen MR) is 81.7 cm³/mol. The second-order valence-corrected chi connectivity index (χ2v) is 5.44. The minimum absolute atomic E-state index is 0.175. The van der Waals surface area contributed by atoms with Crippen LogP contribution >= 0.6 is 0 Å². The molecule has 1 aliphatic rings. The van der Waals surface area contributed by atoms with E-state index in [-0.39, 0.29) is 11.6 Å². The predicted octanol–water partition coefficient (Wildman–Crippen LogP) is 2.84. The maximum absolute atomic E-state index is 12.1. The molecule has 2 amide bonds. The van der Waals surface area contributed by atoms with Gasteiger partial charge in [-0.3, -0.25) is 0 Å². The molecule has 1 fully saturated rings. The van der Waals surface area contributed by atoms with Gasteiger partial charge in [0.25, 0.3) is 0 Å². The SMILES string of the molecule is NCC1(NC(=O)Nc2cccc3ccccc23)CCC1. The van der Waals surface area contributed by atoms with Crippen molar-refractivity contribution in [2.45, 2.75) is 24.8 Å². The maximum Gasteiger partial charge on any atom is 0.319 e. The molecule has 2 aromatic carbocycles. The summed E-state index contributed by atoms with van der Waals surface area (Å²) < 4.78 is 0. The minimum atomic E-state index is -0.200. The van der Waals surface area contributed by atoms with Crippen molar-refractivity contribution in [1.82, 2.24) is 5.32 Å². The largest absolute Gasteiger partial charge is 0.331 e. The Morgan fingerprint density at radius 1 is 1.15 bits per heavy atom. The van der Waals surface area contributed by atoms with Crippen LogP contribution in [0.15, 0.2) is 42.5 Å². The third kappa shape index (κ3) is 2.34. The van der Waals surface area contributed by atoms with E-state index in [4.69, 9.17) is 5.73 Å². The van der Waals surface area contributed by atoms with E-state index >= 15 is 0 Å². The molecule has 4 heteroatoms. The smallest absolute Gasteiger partial charge is 0.319 e. The second kappa shape index (κ2) is 5.13. The Hall–Kier alpha value is -2.07. The van der Waals surface area contributed by atoms with Crippen molar-refractivity contribution in [3.63, 3.8) is 0 Å². The van der Waals surface area contributed by atoms with Gasteiger partial charge in [-0.05, 0) is 30.7 Å². The van der Waals surface area contributed by atoms with Gasteiger partial charge in [-0.1, -0.05) is 36.4 Å². The molecule has 0 unspecified atom stereocenters. The Balaban J connectivity index is 1.77. The molecule has 0 saturated heterocycles. The maximum atomic E-state index is 12.1. The molecule has 0 aromatic heterocycles. The standard InChI is InChI=1S/C16H19N3O/c17-11-16(9-4-10-16)19-15(20)18-14-8-3-6-12-5-1-2-7-13(12)14/h1-3,5-8H,4,9-11,17H2,(H2,18,19,20). The van der Waals surface area contributed by atoms with E-state index in [0.29, 0.717) is 6.54 Å². The highest BCUT2D eigenvalue weighted by Crippen LogP contribution is 2.31. The molecule has 20 heavy (non-hydrogen) atoms. The fraction of sp³-hybridized carbons (Fsp3) is 0.312. The lowest BCUT2D eigenvalue weighted by molar-refractivity contribution is 0.190. The van der Waals surface area contributed by atoms with Crippen LogP contribution in [-0.2, 0) is 0 Å². The lowest BCUT2D eigenvalue weighted by atomic mass is 9.77. The summed E-state index contributed by atoms with van der Waals surface area (Å²) in [5.41, 5.74) is 6.38. The highest BCUT2D eigenvalue weighted by Gasteiger charge is 2.36. The van der Waals surface area contributed by atoms with E-state index in [0.717, 1.165) is 35.7 Å². The van der Waals surface area contributed by atoms with Crippen molar-refractivity contribution in [1.29, 1.82) is 0 Å². The zero-order valence-corrected chi connectivity index (χ0v) is 11.4. The van der Waals surface area contributed by atoms with Crippen LogP contribution in [-0.4, -0.2) is 18.1 Å². The normalized spacial score (nSPS) is 16.4. The van der Waals surface area contributed by atoms with Gasteiger partial charge in [0.1, 0.15) is 0 Å². The van der Waals surface area contributed by atoms with Crippen molar-refractivity contribution in [2.24, 2.45) is 5.73 Å². The molecule has 0 atom stereocenters. The summed E-state index contributed by atoms with van der Waals surface area (Å²) >= 11 is 0. The second-order valence-electron chi connectivity index (χ2n) is 5.44. The molecule has 0 spiro atoms. The number of urea groups is 1. The van der Waals surface area contributed by atoms with E-state index < -0.39 is 0 Å². The van der Waals surface area contributed by atoms with E-state index in [9.17, 15) is 4.79 Å². The molecular formula is C16H19N3O. The average Bonchev–Trinajstić information content (AvgIpc) is 2.43. The van der Waals surface area contributed by atoms with Crippen molar-refractivity contribution in [3.05, 3.63) is 42.5 Å². The summed E-state index contributed by atoms with van der Waals surface area (Å²) in [6.45, 7) is 0.496. The van der Waals surface area contributed by atoms with Gasteiger partial charge in [-0.15, -0.1) is 0 Å².